The molecule has 0 heterocycles. The van der Waals surface area contributed by atoms with Crippen molar-refractivity contribution in [2.75, 3.05) is 0 Å². The molecule has 0 aliphatic carbocycles. The van der Waals surface area contributed by atoms with Crippen LogP contribution in [0, 0.1) is 12.3 Å². The normalized spacial score (nSPS) is 11.2. The zero-order valence-corrected chi connectivity index (χ0v) is 9.72. The number of nitrogens with two attached hydrogens (primary N) is 1. The first-order valence-electron chi connectivity index (χ1n) is 4.93. The summed E-state index contributed by atoms with van der Waals surface area (Å²) < 4.78 is 5.71. The Labute approximate surface area is 90.8 Å². The fourth-order valence-electron chi connectivity index (χ4n) is 1.36. The highest BCUT2D eigenvalue weighted by Gasteiger charge is 2.12. The zero-order valence-electron chi connectivity index (χ0n) is 9.72. The van der Waals surface area contributed by atoms with Crippen LogP contribution in [-0.2, 0) is 0 Å². The Morgan fingerprint density at radius 2 is 1.93 bits per heavy atom. The van der Waals surface area contributed by atoms with E-state index in [1.165, 1.54) is 0 Å². The number of nitrogen functional groups attached to an aromatic ring is 1. The Kier molecular flexibility index (Phi) is 3.03. The minimum Gasteiger partial charge on any atom is -0.488 e. The summed E-state index contributed by atoms with van der Waals surface area (Å²) in [6.07, 6.45) is 0. The SMILES string of the molecule is Cc1cc(OC(C)(C)C)ccc1C(=N)N. The van der Waals surface area contributed by atoms with Gasteiger partial charge in [-0.15, -0.1) is 0 Å². The van der Waals surface area contributed by atoms with Crippen LogP contribution in [0.15, 0.2) is 18.2 Å². The van der Waals surface area contributed by atoms with Crippen molar-refractivity contribution in [2.45, 2.75) is 33.3 Å². The maximum atomic E-state index is 7.36. The van der Waals surface area contributed by atoms with Crippen LogP contribution in [0.1, 0.15) is 31.9 Å². The van der Waals surface area contributed by atoms with Gasteiger partial charge in [-0.3, -0.25) is 5.41 Å². The van der Waals surface area contributed by atoms with E-state index in [1.54, 1.807) is 0 Å². The van der Waals surface area contributed by atoms with Gasteiger partial charge in [0.15, 0.2) is 0 Å². The van der Waals surface area contributed by atoms with Crippen LogP contribution in [0.4, 0.5) is 0 Å². The number of benzene rings is 1. The Hall–Kier alpha value is -1.51. The molecule has 3 heteroatoms. The molecule has 0 aromatic heterocycles. The van der Waals surface area contributed by atoms with E-state index in [4.69, 9.17) is 15.9 Å². The molecule has 0 aliphatic heterocycles. The van der Waals surface area contributed by atoms with Crippen LogP contribution < -0.4 is 10.5 Å². The van der Waals surface area contributed by atoms with Gasteiger partial charge < -0.3 is 10.5 Å². The molecule has 0 spiro atoms. The summed E-state index contributed by atoms with van der Waals surface area (Å²) in [6.45, 7) is 7.93. The minimum absolute atomic E-state index is 0.0924. The zero-order chi connectivity index (χ0) is 11.6. The number of hydrogen-bond donors (Lipinski definition) is 2. The fourth-order valence-corrected chi connectivity index (χ4v) is 1.36. The van der Waals surface area contributed by atoms with Crippen LogP contribution in [0.25, 0.3) is 0 Å². The molecule has 0 aliphatic rings. The van der Waals surface area contributed by atoms with Crippen molar-refractivity contribution in [1.29, 1.82) is 5.41 Å². The van der Waals surface area contributed by atoms with E-state index in [-0.39, 0.29) is 11.4 Å². The molecule has 0 unspecified atom stereocenters. The summed E-state index contributed by atoms with van der Waals surface area (Å²) in [5.74, 6) is 0.903. The van der Waals surface area contributed by atoms with Crippen LogP contribution in [0.2, 0.25) is 0 Å². The first kappa shape index (κ1) is 11.6. The van der Waals surface area contributed by atoms with Gasteiger partial charge in [0.1, 0.15) is 17.2 Å². The van der Waals surface area contributed by atoms with Gasteiger partial charge in [-0.25, -0.2) is 0 Å². The van der Waals surface area contributed by atoms with Gasteiger partial charge in [-0.1, -0.05) is 0 Å². The molecule has 1 rings (SSSR count). The van der Waals surface area contributed by atoms with E-state index in [1.807, 2.05) is 45.9 Å². The van der Waals surface area contributed by atoms with Gasteiger partial charge in [-0.05, 0) is 51.5 Å². The molecule has 0 saturated heterocycles. The Bertz CT molecular complexity index is 378. The quantitative estimate of drug-likeness (QED) is 0.577. The molecule has 3 nitrogen and oxygen atoms in total. The van der Waals surface area contributed by atoms with E-state index in [9.17, 15) is 0 Å². The van der Waals surface area contributed by atoms with Crippen molar-refractivity contribution in [3.05, 3.63) is 29.3 Å². The highest BCUT2D eigenvalue weighted by atomic mass is 16.5. The van der Waals surface area contributed by atoms with Gasteiger partial charge in [0, 0.05) is 5.56 Å². The van der Waals surface area contributed by atoms with Crippen LogP contribution >= 0.6 is 0 Å². The highest BCUT2D eigenvalue weighted by Crippen LogP contribution is 2.21. The van der Waals surface area contributed by atoms with Gasteiger partial charge in [-0.2, -0.15) is 0 Å². The maximum absolute atomic E-state index is 7.36. The second-order valence-electron chi connectivity index (χ2n) is 4.60. The average molecular weight is 206 g/mol. The average Bonchev–Trinajstić information content (AvgIpc) is 1.99. The topological polar surface area (TPSA) is 59.1 Å². The second kappa shape index (κ2) is 3.93. The Balaban J connectivity index is 2.97. The molecule has 3 N–H and O–H groups in total. The predicted octanol–water partition coefficient (Wildman–Crippen LogP) is 2.46. The predicted molar refractivity (Wildman–Crippen MR) is 62.6 cm³/mol. The van der Waals surface area contributed by atoms with Gasteiger partial charge in [0.05, 0.1) is 0 Å². The summed E-state index contributed by atoms with van der Waals surface area (Å²) in [5, 5.41) is 7.36. The third-order valence-corrected chi connectivity index (χ3v) is 1.91. The third-order valence-electron chi connectivity index (χ3n) is 1.91. The molecule has 0 atom stereocenters. The number of amidine groups is 1. The van der Waals surface area contributed by atoms with Crippen molar-refractivity contribution in [1.82, 2.24) is 0 Å². The van der Waals surface area contributed by atoms with Crippen LogP contribution in [-0.4, -0.2) is 11.4 Å². The van der Waals surface area contributed by atoms with Crippen molar-refractivity contribution < 1.29 is 4.74 Å². The lowest BCUT2D eigenvalue weighted by Gasteiger charge is -2.21. The maximum Gasteiger partial charge on any atom is 0.123 e. The molecule has 0 saturated carbocycles. The van der Waals surface area contributed by atoms with E-state index in [0.29, 0.717) is 0 Å². The lowest BCUT2D eigenvalue weighted by molar-refractivity contribution is 0.131. The molecule has 0 amide bonds. The molecule has 1 aromatic rings. The first-order valence-corrected chi connectivity index (χ1v) is 4.93. The van der Waals surface area contributed by atoms with Gasteiger partial charge >= 0.3 is 0 Å². The van der Waals surface area contributed by atoms with E-state index in [2.05, 4.69) is 0 Å². The van der Waals surface area contributed by atoms with E-state index < -0.39 is 0 Å². The monoisotopic (exact) mass is 206 g/mol. The summed E-state index contributed by atoms with van der Waals surface area (Å²) in [6, 6.07) is 5.57. The molecule has 1 aromatic carbocycles. The van der Waals surface area contributed by atoms with Crippen molar-refractivity contribution in [3.63, 3.8) is 0 Å². The Morgan fingerprint density at radius 1 is 1.33 bits per heavy atom. The lowest BCUT2D eigenvalue weighted by Crippen LogP contribution is -2.23. The second-order valence-corrected chi connectivity index (χ2v) is 4.60. The number of hydrogen-bond acceptors (Lipinski definition) is 2. The van der Waals surface area contributed by atoms with Crippen molar-refractivity contribution in [3.8, 4) is 5.75 Å². The third kappa shape index (κ3) is 3.27. The standard InChI is InChI=1S/C12H18N2O/c1-8-7-9(15-12(2,3)4)5-6-10(8)11(13)14/h5-7H,1-4H3,(H3,13,14). The molecular weight excluding hydrogens is 188 g/mol. The Morgan fingerprint density at radius 3 is 2.33 bits per heavy atom. The summed E-state index contributed by atoms with van der Waals surface area (Å²) in [7, 11) is 0. The number of nitrogens with one attached hydrogen (secondary N) is 1. The molecule has 0 bridgehead atoms. The molecule has 0 radical (unpaired) electrons. The lowest BCUT2D eigenvalue weighted by atomic mass is 10.1. The fraction of sp³-hybridized carbons (Fsp3) is 0.417. The highest BCUT2D eigenvalue weighted by molar-refractivity contribution is 5.96. The van der Waals surface area contributed by atoms with Crippen LogP contribution in [0.5, 0.6) is 5.75 Å². The minimum atomic E-state index is -0.204. The van der Waals surface area contributed by atoms with Crippen molar-refractivity contribution in [2.24, 2.45) is 5.73 Å². The molecular formula is C12H18N2O. The number of ether oxygens (including phenoxy) is 1. The molecule has 82 valence electrons. The summed E-state index contributed by atoms with van der Waals surface area (Å²) in [4.78, 5) is 0. The number of aryl methyl sites for hydroxylation is 1. The van der Waals surface area contributed by atoms with Crippen LogP contribution in [0.3, 0.4) is 0 Å². The first-order chi connectivity index (χ1) is 6.79. The largest absolute Gasteiger partial charge is 0.488 e. The number of rotatable bonds is 2. The van der Waals surface area contributed by atoms with Gasteiger partial charge in [0.25, 0.3) is 0 Å². The molecule has 0 fully saturated rings. The van der Waals surface area contributed by atoms with E-state index >= 15 is 0 Å². The summed E-state index contributed by atoms with van der Waals surface area (Å²) >= 11 is 0. The van der Waals surface area contributed by atoms with Gasteiger partial charge in [0.2, 0.25) is 0 Å². The van der Waals surface area contributed by atoms with Crippen molar-refractivity contribution >= 4 is 5.84 Å². The summed E-state index contributed by atoms with van der Waals surface area (Å²) in [5.41, 5.74) is 6.95. The molecule has 15 heavy (non-hydrogen) atoms. The smallest absolute Gasteiger partial charge is 0.123 e. The van der Waals surface area contributed by atoms with E-state index in [0.717, 1.165) is 16.9 Å².